The van der Waals surface area contributed by atoms with Crippen molar-refractivity contribution in [2.45, 2.75) is 182 Å². The van der Waals surface area contributed by atoms with Crippen LogP contribution in [0.2, 0.25) is 0 Å². The Morgan fingerprint density at radius 2 is 1.14 bits per heavy atom. The van der Waals surface area contributed by atoms with Gasteiger partial charge in [0.05, 0.1) is 22.2 Å². The highest BCUT2D eigenvalue weighted by Crippen LogP contribution is 2.46. The Labute approximate surface area is 267 Å². The van der Waals surface area contributed by atoms with E-state index in [1.807, 2.05) is 58.6 Å². The molecular weight excluding hydrogens is 558 g/mol. The summed E-state index contributed by atoms with van der Waals surface area (Å²) in [5.41, 5.74) is -4.39. The molecule has 2 heterocycles. The van der Waals surface area contributed by atoms with Crippen LogP contribution in [0, 0.1) is 11.8 Å². The highest BCUT2D eigenvalue weighted by atomic mass is 16.7. The van der Waals surface area contributed by atoms with E-state index in [0.717, 1.165) is 6.42 Å². The Morgan fingerprint density at radius 3 is 1.50 bits per heavy atom. The first kappa shape index (κ1) is 38.5. The van der Waals surface area contributed by atoms with Crippen molar-refractivity contribution in [2.75, 3.05) is 6.54 Å². The van der Waals surface area contributed by atoms with Gasteiger partial charge in [-0.1, -0.05) is 41.5 Å². The molecule has 9 nitrogen and oxygen atoms in total. The fraction of sp³-hybridized carbons (Fsp3) is 0.886. The van der Waals surface area contributed by atoms with Crippen molar-refractivity contribution in [3.8, 4) is 0 Å². The van der Waals surface area contributed by atoms with E-state index in [4.69, 9.17) is 9.68 Å². The molecule has 6 atom stereocenters. The molecule has 0 bridgehead atoms. The van der Waals surface area contributed by atoms with Crippen molar-refractivity contribution >= 4 is 23.3 Å². The summed E-state index contributed by atoms with van der Waals surface area (Å²) >= 11 is 0. The van der Waals surface area contributed by atoms with Crippen LogP contribution >= 0.6 is 0 Å². The van der Waals surface area contributed by atoms with Gasteiger partial charge in [-0.25, -0.2) is 0 Å². The molecule has 1 N–H and O–H groups in total. The van der Waals surface area contributed by atoms with E-state index in [-0.39, 0.29) is 41.5 Å². The molecule has 254 valence electrons. The zero-order valence-electron chi connectivity index (χ0n) is 30.4. The van der Waals surface area contributed by atoms with Crippen molar-refractivity contribution in [2.24, 2.45) is 11.8 Å². The number of hydrogen-bond acceptors (Lipinski definition) is 8. The molecule has 44 heavy (non-hydrogen) atoms. The molecule has 0 aromatic carbocycles. The number of ketones is 3. The summed E-state index contributed by atoms with van der Waals surface area (Å²) in [7, 11) is 0. The monoisotopic (exact) mass is 621 g/mol. The summed E-state index contributed by atoms with van der Waals surface area (Å²) in [5, 5.41) is 6.85. The lowest BCUT2D eigenvalue weighted by atomic mass is 9.70. The average Bonchev–Trinajstić information content (AvgIpc) is 2.97. The van der Waals surface area contributed by atoms with E-state index in [1.54, 1.807) is 27.7 Å². The van der Waals surface area contributed by atoms with Gasteiger partial charge < -0.3 is 5.32 Å². The molecule has 6 unspecified atom stereocenters. The van der Waals surface area contributed by atoms with Gasteiger partial charge in [0, 0.05) is 37.6 Å². The van der Waals surface area contributed by atoms with Gasteiger partial charge in [0.15, 0.2) is 11.4 Å². The highest BCUT2D eigenvalue weighted by Gasteiger charge is 2.57. The van der Waals surface area contributed by atoms with E-state index in [9.17, 15) is 19.2 Å². The van der Waals surface area contributed by atoms with Crippen LogP contribution in [-0.4, -0.2) is 73.3 Å². The fourth-order valence-corrected chi connectivity index (χ4v) is 6.86. The minimum atomic E-state index is -1.18. The van der Waals surface area contributed by atoms with Gasteiger partial charge >= 0.3 is 0 Å². The molecule has 0 radical (unpaired) electrons. The third kappa shape index (κ3) is 7.16. The molecule has 0 aromatic rings. The van der Waals surface area contributed by atoms with Crippen molar-refractivity contribution in [1.29, 1.82) is 0 Å². The van der Waals surface area contributed by atoms with E-state index < -0.39 is 33.4 Å². The maximum atomic E-state index is 13.5. The van der Waals surface area contributed by atoms with Crippen molar-refractivity contribution in [3.63, 3.8) is 0 Å². The van der Waals surface area contributed by atoms with E-state index in [1.165, 1.54) is 0 Å². The van der Waals surface area contributed by atoms with Gasteiger partial charge in [0.1, 0.15) is 17.2 Å². The molecule has 2 fully saturated rings. The Kier molecular flexibility index (Phi) is 11.9. The van der Waals surface area contributed by atoms with Crippen LogP contribution in [0.25, 0.3) is 0 Å². The van der Waals surface area contributed by atoms with E-state index >= 15 is 0 Å². The summed E-state index contributed by atoms with van der Waals surface area (Å²) in [5.74, 6) is -0.314. The molecule has 0 aromatic heterocycles. The number of amides is 1. The summed E-state index contributed by atoms with van der Waals surface area (Å²) < 4.78 is 0. The molecular formula is C35H63N3O6. The number of nitrogens with zero attached hydrogens (tertiary/aromatic N) is 2. The average molecular weight is 622 g/mol. The minimum absolute atomic E-state index is 0.0619. The number of carbonyl (C=O) groups excluding carboxylic acids is 4. The standard InChI is InChI=1S/C35H63N3O6/c1-15-32(11)22-26(39)24(5)34(13,17-3)37(32)43-30(7,8)28(41)20-19-21-36-29(42)31(9,10)44-38-33(12,16-2)23-27(40)25(6)35(38,14)18-4/h24-25H,15-23H2,1-14H3,(H,36,42). The highest BCUT2D eigenvalue weighted by molar-refractivity contribution is 5.87. The lowest BCUT2D eigenvalue weighted by Gasteiger charge is -2.57. The number of piperidine rings is 2. The zero-order valence-corrected chi connectivity index (χ0v) is 30.4. The van der Waals surface area contributed by atoms with Crippen molar-refractivity contribution in [1.82, 2.24) is 15.4 Å². The van der Waals surface area contributed by atoms with Crippen LogP contribution in [0.1, 0.15) is 148 Å². The van der Waals surface area contributed by atoms with Gasteiger partial charge in [-0.05, 0) is 87.5 Å². The van der Waals surface area contributed by atoms with E-state index in [2.05, 4.69) is 26.1 Å². The van der Waals surface area contributed by atoms with Gasteiger partial charge in [0.2, 0.25) is 0 Å². The van der Waals surface area contributed by atoms with Crippen LogP contribution in [0.5, 0.6) is 0 Å². The second kappa shape index (κ2) is 13.6. The summed E-state index contributed by atoms with van der Waals surface area (Å²) in [6.07, 6.45) is 4.29. The molecule has 2 aliphatic rings. The van der Waals surface area contributed by atoms with Gasteiger partial charge in [-0.15, -0.1) is 0 Å². The number of hydrogen-bond donors (Lipinski definition) is 1. The predicted octanol–water partition coefficient (Wildman–Crippen LogP) is 6.37. The van der Waals surface area contributed by atoms with Crippen LogP contribution in [0.15, 0.2) is 0 Å². The number of Topliss-reactive ketones (excluding diaryl/α,β-unsaturated/α-hetero) is 3. The molecule has 0 aliphatic carbocycles. The first-order chi connectivity index (χ1) is 20.0. The molecule has 0 spiro atoms. The maximum Gasteiger partial charge on any atom is 0.253 e. The molecule has 2 aliphatic heterocycles. The number of hydroxylamine groups is 4. The van der Waals surface area contributed by atoms with Crippen molar-refractivity contribution < 1.29 is 28.9 Å². The molecule has 1 amide bonds. The van der Waals surface area contributed by atoms with Crippen LogP contribution in [-0.2, 0) is 28.9 Å². The second-order valence-electron chi connectivity index (χ2n) is 15.4. The van der Waals surface area contributed by atoms with Crippen molar-refractivity contribution in [3.05, 3.63) is 0 Å². The minimum Gasteiger partial charge on any atom is -0.354 e. The number of nitrogens with one attached hydrogen (secondary N) is 1. The number of rotatable bonds is 14. The zero-order chi connectivity index (χ0) is 34.1. The van der Waals surface area contributed by atoms with Gasteiger partial charge in [-0.3, -0.25) is 28.9 Å². The lowest BCUT2D eigenvalue weighted by Crippen LogP contribution is -2.69. The van der Waals surface area contributed by atoms with Crippen LogP contribution < -0.4 is 5.32 Å². The quantitative estimate of drug-likeness (QED) is 0.223. The first-order valence-corrected chi connectivity index (χ1v) is 16.9. The molecule has 9 heteroatoms. The summed E-state index contributed by atoms with van der Waals surface area (Å²) in [6, 6.07) is 0. The van der Waals surface area contributed by atoms with Crippen LogP contribution in [0.3, 0.4) is 0 Å². The SMILES string of the molecule is CCC1(C)CC(=O)C(C)C(C)(CC)N1OC(C)(C)C(=O)CCCNC(=O)C(C)(C)ON1C(C)(CC)CC(=O)C(C)C1(C)CC. The number of carbonyl (C=O) groups is 4. The van der Waals surface area contributed by atoms with Crippen LogP contribution in [0.4, 0.5) is 0 Å². The third-order valence-electron chi connectivity index (χ3n) is 11.5. The topological polar surface area (TPSA) is 105 Å². The van der Waals surface area contributed by atoms with E-state index in [0.29, 0.717) is 45.1 Å². The Balaban J connectivity index is 2.07. The maximum absolute atomic E-state index is 13.5. The molecule has 0 saturated carbocycles. The molecule has 2 rings (SSSR count). The largest absolute Gasteiger partial charge is 0.354 e. The van der Waals surface area contributed by atoms with Gasteiger partial charge in [-0.2, -0.15) is 10.1 Å². The Morgan fingerprint density at radius 1 is 0.750 bits per heavy atom. The predicted molar refractivity (Wildman–Crippen MR) is 174 cm³/mol. The lowest BCUT2D eigenvalue weighted by molar-refractivity contribution is -0.330. The normalized spacial score (nSPS) is 34.3. The summed E-state index contributed by atoms with van der Waals surface area (Å²) in [4.78, 5) is 65.7. The second-order valence-corrected chi connectivity index (χ2v) is 15.4. The first-order valence-electron chi connectivity index (χ1n) is 16.9. The summed E-state index contributed by atoms with van der Waals surface area (Å²) in [6.45, 7) is 27.7. The smallest absolute Gasteiger partial charge is 0.253 e. The fourth-order valence-electron chi connectivity index (χ4n) is 6.86. The van der Waals surface area contributed by atoms with Gasteiger partial charge in [0.25, 0.3) is 5.91 Å². The Hall–Kier alpha value is -1.68. The Bertz CT molecular complexity index is 1010. The molecule has 2 saturated heterocycles. The third-order valence-corrected chi connectivity index (χ3v) is 11.5.